The molecule has 0 saturated carbocycles. The molecule has 144 valence electrons. The lowest BCUT2D eigenvalue weighted by molar-refractivity contribution is 0.102. The van der Waals surface area contributed by atoms with E-state index in [1.54, 1.807) is 0 Å². The van der Waals surface area contributed by atoms with Crippen LogP contribution in [0.5, 0.6) is 5.75 Å². The number of amides is 1. The molecule has 5 aromatic rings. The van der Waals surface area contributed by atoms with E-state index in [0.717, 1.165) is 15.6 Å². The number of para-hydroxylation sites is 2. The van der Waals surface area contributed by atoms with Gasteiger partial charge in [-0.2, -0.15) is 0 Å². The van der Waals surface area contributed by atoms with Crippen LogP contribution in [0.1, 0.15) is 16.7 Å². The number of furan rings is 1. The van der Waals surface area contributed by atoms with Crippen LogP contribution in [-0.4, -0.2) is 22.5 Å². The predicted octanol–water partition coefficient (Wildman–Crippen LogP) is 5.82. The molecule has 0 unspecified atom stereocenters. The molecule has 29 heavy (non-hydrogen) atoms. The first kappa shape index (κ1) is 17.8. The lowest BCUT2D eigenvalue weighted by atomic mass is 10.2. The molecular formula is C21H15N3O3S2. The fourth-order valence-electron chi connectivity index (χ4n) is 3.00. The van der Waals surface area contributed by atoms with E-state index < -0.39 is 0 Å². The van der Waals surface area contributed by atoms with Crippen molar-refractivity contribution in [2.45, 2.75) is 6.92 Å². The zero-order valence-electron chi connectivity index (χ0n) is 15.3. The molecule has 2 aromatic carbocycles. The molecule has 1 N–H and O–H groups in total. The number of anilines is 1. The number of thiazole rings is 2. The zero-order chi connectivity index (χ0) is 19.8. The average Bonchev–Trinajstić information content (AvgIpc) is 3.45. The number of hydrogen-bond acceptors (Lipinski definition) is 7. The van der Waals surface area contributed by atoms with Crippen molar-refractivity contribution in [1.82, 2.24) is 9.97 Å². The fraction of sp³-hybridized carbons (Fsp3) is 0.0952. The molecule has 1 amide bonds. The maximum atomic E-state index is 12.6. The first-order valence-corrected chi connectivity index (χ1v) is 10.7. The first-order chi connectivity index (χ1) is 14.2. The second kappa shape index (κ2) is 7.31. The van der Waals surface area contributed by atoms with Crippen LogP contribution >= 0.6 is 22.7 Å². The Morgan fingerprint density at radius 3 is 2.93 bits per heavy atom. The molecule has 0 aliphatic rings. The number of ether oxygens (including phenoxy) is 1. The van der Waals surface area contributed by atoms with Crippen LogP contribution in [0.3, 0.4) is 0 Å². The number of benzene rings is 2. The first-order valence-electron chi connectivity index (χ1n) is 8.99. The molecule has 0 spiro atoms. The maximum absolute atomic E-state index is 12.6. The van der Waals surface area contributed by atoms with Gasteiger partial charge in [0.05, 0.1) is 16.8 Å². The normalized spacial score (nSPS) is 11.2. The molecular weight excluding hydrogens is 406 g/mol. The molecule has 0 bridgehead atoms. The molecule has 8 heteroatoms. The van der Waals surface area contributed by atoms with Gasteiger partial charge in [0.2, 0.25) is 0 Å². The third-order valence-electron chi connectivity index (χ3n) is 4.27. The van der Waals surface area contributed by atoms with Crippen LogP contribution in [-0.2, 0) is 0 Å². The van der Waals surface area contributed by atoms with Gasteiger partial charge >= 0.3 is 0 Å². The van der Waals surface area contributed by atoms with Gasteiger partial charge in [0.15, 0.2) is 27.2 Å². The van der Waals surface area contributed by atoms with Gasteiger partial charge in [-0.3, -0.25) is 10.1 Å². The van der Waals surface area contributed by atoms with Crippen molar-refractivity contribution < 1.29 is 13.9 Å². The van der Waals surface area contributed by atoms with Crippen molar-refractivity contribution in [1.29, 1.82) is 0 Å². The predicted molar refractivity (Wildman–Crippen MR) is 116 cm³/mol. The molecule has 3 aromatic heterocycles. The fourth-order valence-corrected chi connectivity index (χ4v) is 4.55. The zero-order valence-corrected chi connectivity index (χ0v) is 17.0. The second-order valence-electron chi connectivity index (χ2n) is 6.20. The highest BCUT2D eigenvalue weighted by atomic mass is 32.1. The summed E-state index contributed by atoms with van der Waals surface area (Å²) in [5, 5.41) is 6.53. The van der Waals surface area contributed by atoms with Crippen LogP contribution in [0, 0.1) is 0 Å². The molecule has 0 fully saturated rings. The largest absolute Gasteiger partial charge is 0.490 e. The molecule has 3 heterocycles. The lowest BCUT2D eigenvalue weighted by Crippen LogP contribution is -2.11. The van der Waals surface area contributed by atoms with E-state index in [-0.39, 0.29) is 5.91 Å². The summed E-state index contributed by atoms with van der Waals surface area (Å²) in [6.45, 7) is 2.50. The van der Waals surface area contributed by atoms with Crippen molar-refractivity contribution in [3.63, 3.8) is 0 Å². The number of carbonyl (C=O) groups excluding carboxylic acids is 1. The van der Waals surface area contributed by atoms with E-state index in [9.17, 15) is 4.79 Å². The van der Waals surface area contributed by atoms with Crippen LogP contribution in [0.15, 0.2) is 58.3 Å². The summed E-state index contributed by atoms with van der Waals surface area (Å²) in [5.41, 5.74) is 2.17. The molecule has 5 rings (SSSR count). The number of nitrogens with zero attached hydrogens (tertiary/aromatic N) is 2. The highest BCUT2D eigenvalue weighted by Crippen LogP contribution is 2.34. The van der Waals surface area contributed by atoms with Gasteiger partial charge in [-0.05, 0) is 31.2 Å². The molecule has 0 aliphatic carbocycles. The summed E-state index contributed by atoms with van der Waals surface area (Å²) < 4.78 is 12.6. The summed E-state index contributed by atoms with van der Waals surface area (Å²) >= 11 is 2.70. The minimum absolute atomic E-state index is 0.268. The summed E-state index contributed by atoms with van der Waals surface area (Å²) in [6.07, 6.45) is 0. The van der Waals surface area contributed by atoms with Crippen molar-refractivity contribution in [3.8, 4) is 17.2 Å². The Hall–Kier alpha value is -3.23. The Morgan fingerprint density at radius 1 is 1.17 bits per heavy atom. The quantitative estimate of drug-likeness (QED) is 0.387. The number of nitrogens with one attached hydrogen (secondary N) is 1. The van der Waals surface area contributed by atoms with E-state index >= 15 is 0 Å². The molecule has 6 nitrogen and oxygen atoms in total. The Balaban J connectivity index is 1.39. The van der Waals surface area contributed by atoms with Gasteiger partial charge in [-0.15, -0.1) is 22.7 Å². The lowest BCUT2D eigenvalue weighted by Gasteiger charge is -2.02. The van der Waals surface area contributed by atoms with E-state index in [2.05, 4.69) is 15.3 Å². The number of hydrogen-bond donors (Lipinski definition) is 1. The third kappa shape index (κ3) is 3.37. The van der Waals surface area contributed by atoms with Crippen LogP contribution in [0.25, 0.3) is 32.6 Å². The molecule has 0 radical (unpaired) electrons. The monoisotopic (exact) mass is 421 g/mol. The summed E-state index contributed by atoms with van der Waals surface area (Å²) in [5.74, 6) is 1.06. The van der Waals surface area contributed by atoms with Gasteiger partial charge in [-0.25, -0.2) is 9.97 Å². The van der Waals surface area contributed by atoms with Crippen LogP contribution in [0.4, 0.5) is 5.13 Å². The molecule has 0 aliphatic heterocycles. The Morgan fingerprint density at radius 2 is 2.07 bits per heavy atom. The number of aromatic nitrogens is 2. The third-order valence-corrected chi connectivity index (χ3v) is 6.07. The van der Waals surface area contributed by atoms with E-state index in [0.29, 0.717) is 39.5 Å². The average molecular weight is 422 g/mol. The maximum Gasteiger partial charge on any atom is 0.286 e. The van der Waals surface area contributed by atoms with Gasteiger partial charge in [0, 0.05) is 10.8 Å². The Kier molecular flexibility index (Phi) is 4.49. The number of rotatable bonds is 5. The van der Waals surface area contributed by atoms with Gasteiger partial charge in [0.1, 0.15) is 5.69 Å². The summed E-state index contributed by atoms with van der Waals surface area (Å²) in [6, 6.07) is 15.4. The molecule has 0 saturated heterocycles. The standard InChI is InChI=1S/C21H15N3O3S2/c1-2-26-15-8-5-6-12-10-16(27-18(12)15)14-11-28-21(23-14)24-19(25)20-22-13-7-3-4-9-17(13)29-20/h3-11H,2H2,1H3,(H,23,24,25). The van der Waals surface area contributed by atoms with E-state index in [4.69, 9.17) is 9.15 Å². The number of fused-ring (bicyclic) bond motifs is 2. The van der Waals surface area contributed by atoms with Crippen molar-refractivity contribution >= 4 is 54.9 Å². The minimum Gasteiger partial charge on any atom is -0.490 e. The molecule has 0 atom stereocenters. The smallest absolute Gasteiger partial charge is 0.286 e. The van der Waals surface area contributed by atoms with E-state index in [1.807, 2.05) is 60.8 Å². The van der Waals surface area contributed by atoms with Crippen molar-refractivity contribution in [3.05, 3.63) is 58.9 Å². The van der Waals surface area contributed by atoms with Gasteiger partial charge in [0.25, 0.3) is 5.91 Å². The Labute approximate surface area is 173 Å². The second-order valence-corrected chi connectivity index (χ2v) is 8.09. The highest BCUT2D eigenvalue weighted by molar-refractivity contribution is 7.20. The topological polar surface area (TPSA) is 77.2 Å². The highest BCUT2D eigenvalue weighted by Gasteiger charge is 2.16. The Bertz CT molecular complexity index is 1300. The van der Waals surface area contributed by atoms with Gasteiger partial charge < -0.3 is 9.15 Å². The number of carbonyl (C=O) groups is 1. The van der Waals surface area contributed by atoms with E-state index in [1.165, 1.54) is 22.7 Å². The van der Waals surface area contributed by atoms with Crippen molar-refractivity contribution in [2.75, 3.05) is 11.9 Å². The van der Waals surface area contributed by atoms with Gasteiger partial charge in [-0.1, -0.05) is 24.3 Å². The minimum atomic E-state index is -0.268. The van der Waals surface area contributed by atoms with Crippen LogP contribution in [0.2, 0.25) is 0 Å². The van der Waals surface area contributed by atoms with Crippen LogP contribution < -0.4 is 10.1 Å². The summed E-state index contributed by atoms with van der Waals surface area (Å²) in [7, 11) is 0. The SMILES string of the molecule is CCOc1cccc2cc(-c3csc(NC(=O)c4nc5ccccc5s4)n3)oc12. The van der Waals surface area contributed by atoms with Crippen molar-refractivity contribution in [2.24, 2.45) is 0 Å². The summed E-state index contributed by atoms with van der Waals surface area (Å²) in [4.78, 5) is 21.4.